The van der Waals surface area contributed by atoms with Crippen LogP contribution in [0.25, 0.3) is 0 Å². The number of aryl methyl sites for hydroxylation is 1. The van der Waals surface area contributed by atoms with E-state index in [1.807, 2.05) is 11.6 Å². The minimum atomic E-state index is 0.130. The van der Waals surface area contributed by atoms with Gasteiger partial charge in [-0.3, -0.25) is 4.68 Å². The maximum Gasteiger partial charge on any atom is 0.0644 e. The summed E-state index contributed by atoms with van der Waals surface area (Å²) in [6.45, 7) is 6.74. The van der Waals surface area contributed by atoms with Crippen LogP contribution in [-0.4, -0.2) is 40.0 Å². The van der Waals surface area contributed by atoms with Crippen molar-refractivity contribution in [3.05, 3.63) is 52.8 Å². The molecule has 0 unspecified atom stereocenters. The van der Waals surface area contributed by atoms with Crippen LogP contribution in [0.2, 0.25) is 0 Å². The summed E-state index contributed by atoms with van der Waals surface area (Å²) in [4.78, 5) is 2.33. The van der Waals surface area contributed by atoms with Crippen molar-refractivity contribution in [3.8, 4) is 0 Å². The fraction of sp³-hybridized carbons (Fsp3) is 0.471. The quantitative estimate of drug-likeness (QED) is 0.848. The number of hydrogen-bond donors (Lipinski definition) is 1. The first kappa shape index (κ1) is 15.7. The van der Waals surface area contributed by atoms with Crippen molar-refractivity contribution in [3.63, 3.8) is 0 Å². The Balaban J connectivity index is 1.95. The molecule has 0 saturated heterocycles. The summed E-state index contributed by atoms with van der Waals surface area (Å²) in [6.07, 6.45) is 1.06. The van der Waals surface area contributed by atoms with E-state index in [4.69, 9.17) is 5.11 Å². The molecular weight excluding hydrogens is 262 g/mol. The Labute approximate surface area is 127 Å². The van der Waals surface area contributed by atoms with Gasteiger partial charge in [-0.1, -0.05) is 30.3 Å². The average Bonchev–Trinajstić information content (AvgIpc) is 2.74. The van der Waals surface area contributed by atoms with E-state index >= 15 is 0 Å². The summed E-state index contributed by atoms with van der Waals surface area (Å²) in [5.41, 5.74) is 4.87. The van der Waals surface area contributed by atoms with Crippen LogP contribution in [0.4, 0.5) is 0 Å². The van der Waals surface area contributed by atoms with Gasteiger partial charge in [0.15, 0.2) is 0 Å². The van der Waals surface area contributed by atoms with E-state index in [0.717, 1.165) is 30.9 Å². The Morgan fingerprint density at radius 3 is 2.57 bits per heavy atom. The predicted octanol–water partition coefficient (Wildman–Crippen LogP) is 2.17. The number of benzene rings is 1. The molecule has 0 radical (unpaired) electrons. The van der Waals surface area contributed by atoms with E-state index < -0.39 is 0 Å². The second-order valence-corrected chi connectivity index (χ2v) is 5.57. The van der Waals surface area contributed by atoms with Crippen molar-refractivity contribution in [1.29, 1.82) is 0 Å². The van der Waals surface area contributed by atoms with Crippen molar-refractivity contribution in [2.75, 3.05) is 20.2 Å². The first-order chi connectivity index (χ1) is 10.1. The fourth-order valence-corrected chi connectivity index (χ4v) is 2.59. The first-order valence-electron chi connectivity index (χ1n) is 7.48. The van der Waals surface area contributed by atoms with Crippen LogP contribution in [0.5, 0.6) is 0 Å². The highest BCUT2D eigenvalue weighted by molar-refractivity contribution is 5.24. The van der Waals surface area contributed by atoms with Crippen LogP contribution in [0, 0.1) is 13.8 Å². The Kier molecular flexibility index (Phi) is 5.53. The SMILES string of the molecule is Cc1nn(CCO)c(C)c1CN(C)CCc1ccccc1. The Bertz CT molecular complexity index is 563. The minimum absolute atomic E-state index is 0.130. The lowest BCUT2D eigenvalue weighted by Crippen LogP contribution is -2.21. The molecule has 4 heteroatoms. The molecule has 0 aliphatic carbocycles. The third-order valence-corrected chi connectivity index (χ3v) is 3.90. The minimum Gasteiger partial charge on any atom is -0.394 e. The Morgan fingerprint density at radius 2 is 1.90 bits per heavy atom. The molecule has 0 bridgehead atoms. The molecule has 4 nitrogen and oxygen atoms in total. The third kappa shape index (κ3) is 4.16. The second-order valence-electron chi connectivity index (χ2n) is 5.57. The zero-order valence-electron chi connectivity index (χ0n) is 13.2. The molecule has 21 heavy (non-hydrogen) atoms. The van der Waals surface area contributed by atoms with Gasteiger partial charge in [-0.15, -0.1) is 0 Å². The third-order valence-electron chi connectivity index (χ3n) is 3.90. The summed E-state index contributed by atoms with van der Waals surface area (Å²) < 4.78 is 1.90. The molecule has 2 aromatic rings. The van der Waals surface area contributed by atoms with Gasteiger partial charge in [0.1, 0.15) is 0 Å². The number of rotatable bonds is 7. The van der Waals surface area contributed by atoms with Crippen LogP contribution in [0.15, 0.2) is 30.3 Å². The highest BCUT2D eigenvalue weighted by atomic mass is 16.3. The van der Waals surface area contributed by atoms with Crippen molar-refractivity contribution >= 4 is 0 Å². The molecule has 0 saturated carbocycles. The van der Waals surface area contributed by atoms with Gasteiger partial charge in [0.2, 0.25) is 0 Å². The van der Waals surface area contributed by atoms with Crippen LogP contribution in [0.1, 0.15) is 22.5 Å². The number of likely N-dealkylation sites (N-methyl/N-ethyl adjacent to an activating group) is 1. The molecule has 2 rings (SSSR count). The molecule has 0 spiro atoms. The molecule has 1 heterocycles. The molecule has 1 N–H and O–H groups in total. The lowest BCUT2D eigenvalue weighted by atomic mass is 10.1. The van der Waals surface area contributed by atoms with Crippen molar-refractivity contribution in [2.45, 2.75) is 33.4 Å². The maximum atomic E-state index is 9.07. The Hall–Kier alpha value is -1.65. The number of aliphatic hydroxyl groups is 1. The van der Waals surface area contributed by atoms with Gasteiger partial charge >= 0.3 is 0 Å². The first-order valence-corrected chi connectivity index (χ1v) is 7.48. The standard InChI is InChI=1S/C17H25N3O/c1-14-17(15(2)20(18-14)11-12-21)13-19(3)10-9-16-7-5-4-6-8-16/h4-8,21H,9-13H2,1-3H3. The van der Waals surface area contributed by atoms with Gasteiger partial charge in [-0.2, -0.15) is 5.10 Å². The topological polar surface area (TPSA) is 41.3 Å². The summed E-state index contributed by atoms with van der Waals surface area (Å²) in [5, 5.41) is 13.6. The maximum absolute atomic E-state index is 9.07. The van der Waals surface area contributed by atoms with E-state index in [2.05, 4.69) is 54.3 Å². The normalized spacial score (nSPS) is 11.3. The van der Waals surface area contributed by atoms with Gasteiger partial charge in [-0.25, -0.2) is 0 Å². The van der Waals surface area contributed by atoms with Crippen LogP contribution in [-0.2, 0) is 19.5 Å². The van der Waals surface area contributed by atoms with Gasteiger partial charge in [0, 0.05) is 24.3 Å². The summed E-state index contributed by atoms with van der Waals surface area (Å²) >= 11 is 0. The molecule has 0 fully saturated rings. The fourth-order valence-electron chi connectivity index (χ4n) is 2.59. The van der Waals surface area contributed by atoms with E-state index in [-0.39, 0.29) is 6.61 Å². The second kappa shape index (κ2) is 7.38. The van der Waals surface area contributed by atoms with E-state index in [9.17, 15) is 0 Å². The number of hydrogen-bond acceptors (Lipinski definition) is 3. The van der Waals surface area contributed by atoms with Gasteiger partial charge in [0.05, 0.1) is 18.8 Å². The van der Waals surface area contributed by atoms with Crippen LogP contribution < -0.4 is 0 Å². The number of aliphatic hydroxyl groups excluding tert-OH is 1. The molecular formula is C17H25N3O. The molecule has 1 aromatic heterocycles. The molecule has 0 aliphatic heterocycles. The highest BCUT2D eigenvalue weighted by Gasteiger charge is 2.13. The van der Waals surface area contributed by atoms with Crippen LogP contribution in [0.3, 0.4) is 0 Å². The monoisotopic (exact) mass is 287 g/mol. The van der Waals surface area contributed by atoms with Crippen molar-refractivity contribution in [2.24, 2.45) is 0 Å². The van der Waals surface area contributed by atoms with Gasteiger partial charge in [0.25, 0.3) is 0 Å². The smallest absolute Gasteiger partial charge is 0.0644 e. The highest BCUT2D eigenvalue weighted by Crippen LogP contribution is 2.15. The van der Waals surface area contributed by atoms with E-state index in [0.29, 0.717) is 6.54 Å². The summed E-state index contributed by atoms with van der Waals surface area (Å²) in [6, 6.07) is 10.6. The average molecular weight is 287 g/mol. The van der Waals surface area contributed by atoms with E-state index in [1.165, 1.54) is 11.1 Å². The molecule has 0 atom stereocenters. The van der Waals surface area contributed by atoms with Crippen molar-refractivity contribution < 1.29 is 5.11 Å². The lowest BCUT2D eigenvalue weighted by Gasteiger charge is -2.17. The van der Waals surface area contributed by atoms with Crippen LogP contribution >= 0.6 is 0 Å². The predicted molar refractivity (Wildman–Crippen MR) is 85.3 cm³/mol. The molecule has 114 valence electrons. The zero-order valence-corrected chi connectivity index (χ0v) is 13.2. The van der Waals surface area contributed by atoms with E-state index in [1.54, 1.807) is 0 Å². The molecule has 1 aromatic carbocycles. The van der Waals surface area contributed by atoms with Crippen molar-refractivity contribution in [1.82, 2.24) is 14.7 Å². The Morgan fingerprint density at radius 1 is 1.19 bits per heavy atom. The summed E-state index contributed by atoms with van der Waals surface area (Å²) in [7, 11) is 2.14. The van der Waals surface area contributed by atoms with Gasteiger partial charge < -0.3 is 10.0 Å². The zero-order chi connectivity index (χ0) is 15.2. The number of aromatic nitrogens is 2. The summed E-state index contributed by atoms with van der Waals surface area (Å²) in [5.74, 6) is 0. The van der Waals surface area contributed by atoms with Gasteiger partial charge in [-0.05, 0) is 32.9 Å². The molecule has 0 aliphatic rings. The number of nitrogens with zero attached hydrogens (tertiary/aromatic N) is 3. The lowest BCUT2D eigenvalue weighted by molar-refractivity contribution is 0.267. The largest absolute Gasteiger partial charge is 0.394 e. The molecule has 0 amide bonds.